The van der Waals surface area contributed by atoms with Crippen LogP contribution in [0.25, 0.3) is 0 Å². The Morgan fingerprint density at radius 1 is 0.875 bits per heavy atom. The number of allylic oxidation sites excluding steroid dienone is 2. The minimum absolute atomic E-state index is 0.0267. The average Bonchev–Trinajstić information content (AvgIpc) is 3.04. The van der Waals surface area contributed by atoms with Crippen molar-refractivity contribution in [2.24, 2.45) is 45.3 Å². The molecule has 0 heterocycles. The summed E-state index contributed by atoms with van der Waals surface area (Å²) in [6.45, 7) is 19.0. The van der Waals surface area contributed by atoms with Gasteiger partial charge in [-0.15, -0.1) is 0 Å². The fourth-order valence-corrected chi connectivity index (χ4v) is 10.3. The predicted molar refractivity (Wildman–Crippen MR) is 134 cm³/mol. The molecule has 0 aliphatic heterocycles. The highest BCUT2D eigenvalue weighted by Gasteiger charge is 2.69. The summed E-state index contributed by atoms with van der Waals surface area (Å²) in [6.07, 6.45) is 13.8. The van der Waals surface area contributed by atoms with Gasteiger partial charge in [0, 0.05) is 0 Å². The van der Waals surface area contributed by atoms with Crippen molar-refractivity contribution < 1.29 is 10.2 Å². The van der Waals surface area contributed by atoms with Gasteiger partial charge in [-0.25, -0.2) is 0 Å². The van der Waals surface area contributed by atoms with Gasteiger partial charge in [0.1, 0.15) is 0 Å². The molecule has 4 fully saturated rings. The Hall–Kier alpha value is -0.340. The van der Waals surface area contributed by atoms with Gasteiger partial charge in [-0.2, -0.15) is 0 Å². The molecule has 0 radical (unpaired) electrons. The van der Waals surface area contributed by atoms with Gasteiger partial charge in [-0.3, -0.25) is 0 Å². The Morgan fingerprint density at radius 3 is 2.19 bits per heavy atom. The fraction of sp³-hybridized carbons (Fsp3) is 0.933. The maximum atomic E-state index is 11.6. The van der Waals surface area contributed by atoms with E-state index in [1.807, 2.05) is 0 Å². The summed E-state index contributed by atoms with van der Waals surface area (Å²) in [7, 11) is 0. The normalized spacial score (nSPS) is 49.4. The van der Waals surface area contributed by atoms with Crippen molar-refractivity contribution in [2.45, 2.75) is 131 Å². The lowest BCUT2D eigenvalue weighted by Crippen LogP contribution is -2.64. The van der Waals surface area contributed by atoms with E-state index < -0.39 is 5.60 Å². The van der Waals surface area contributed by atoms with Crippen LogP contribution in [-0.4, -0.2) is 21.9 Å². The van der Waals surface area contributed by atoms with E-state index in [4.69, 9.17) is 0 Å². The second-order valence-electron chi connectivity index (χ2n) is 14.4. The Bertz CT molecular complexity index is 746. The van der Waals surface area contributed by atoms with E-state index in [2.05, 4.69) is 61.5 Å². The Kier molecular flexibility index (Phi) is 6.07. The van der Waals surface area contributed by atoms with Crippen LogP contribution in [0.5, 0.6) is 0 Å². The van der Waals surface area contributed by atoms with Crippen molar-refractivity contribution in [1.82, 2.24) is 0 Å². The zero-order valence-electron chi connectivity index (χ0n) is 22.4. The van der Waals surface area contributed by atoms with Gasteiger partial charge in [-0.1, -0.05) is 46.3 Å². The molecule has 2 heteroatoms. The van der Waals surface area contributed by atoms with Gasteiger partial charge in [0.25, 0.3) is 0 Å². The van der Waals surface area contributed by atoms with Gasteiger partial charge < -0.3 is 10.2 Å². The minimum atomic E-state index is -0.560. The number of hydrogen-bond acceptors (Lipinski definition) is 2. The molecule has 184 valence electrons. The van der Waals surface area contributed by atoms with Crippen LogP contribution in [0.15, 0.2) is 11.6 Å². The summed E-state index contributed by atoms with van der Waals surface area (Å²) in [5.41, 5.74) is 1.84. The molecular weight excluding hydrogens is 392 g/mol. The molecule has 2 N–H and O–H groups in total. The molecule has 0 amide bonds. The van der Waals surface area contributed by atoms with E-state index in [0.717, 1.165) is 25.2 Å². The molecule has 9 atom stereocenters. The molecule has 0 unspecified atom stereocenters. The molecule has 2 nitrogen and oxygen atoms in total. The molecule has 0 aromatic carbocycles. The molecule has 0 bridgehead atoms. The van der Waals surface area contributed by atoms with Gasteiger partial charge in [0.15, 0.2) is 0 Å². The lowest BCUT2D eigenvalue weighted by molar-refractivity contribution is -0.225. The lowest BCUT2D eigenvalue weighted by Gasteiger charge is -2.70. The highest BCUT2D eigenvalue weighted by molar-refractivity contribution is 5.18. The van der Waals surface area contributed by atoms with Crippen molar-refractivity contribution >= 4 is 0 Å². The highest BCUT2D eigenvalue weighted by Crippen LogP contribution is 2.75. The average molecular weight is 445 g/mol. The van der Waals surface area contributed by atoms with Crippen LogP contribution < -0.4 is 0 Å². The Labute approximate surface area is 198 Å². The summed E-state index contributed by atoms with van der Waals surface area (Å²) in [5.74, 6) is 2.45. The van der Waals surface area contributed by atoms with Crippen LogP contribution in [0.2, 0.25) is 0 Å². The number of aliphatic hydroxyl groups is 2. The van der Waals surface area contributed by atoms with E-state index in [0.29, 0.717) is 34.0 Å². The highest BCUT2D eigenvalue weighted by atomic mass is 16.3. The van der Waals surface area contributed by atoms with Gasteiger partial charge in [0.2, 0.25) is 0 Å². The molecule has 4 aliphatic rings. The second-order valence-corrected chi connectivity index (χ2v) is 14.4. The molecule has 0 spiro atoms. The van der Waals surface area contributed by atoms with E-state index in [1.165, 1.54) is 50.5 Å². The third-order valence-corrected chi connectivity index (χ3v) is 12.4. The first-order valence-electron chi connectivity index (χ1n) is 13.7. The first kappa shape index (κ1) is 24.8. The fourth-order valence-electron chi connectivity index (χ4n) is 10.3. The predicted octanol–water partition coefficient (Wildman–Crippen LogP) is 7.53. The van der Waals surface area contributed by atoms with Crippen molar-refractivity contribution in [2.75, 3.05) is 0 Å². The topological polar surface area (TPSA) is 40.5 Å². The minimum Gasteiger partial charge on any atom is -0.393 e. The molecule has 4 rings (SSSR count). The van der Waals surface area contributed by atoms with Gasteiger partial charge in [-0.05, 0) is 130 Å². The van der Waals surface area contributed by atoms with Crippen LogP contribution in [0, 0.1) is 45.3 Å². The van der Waals surface area contributed by atoms with Crippen LogP contribution in [0.3, 0.4) is 0 Å². The van der Waals surface area contributed by atoms with Gasteiger partial charge in [0.05, 0.1) is 11.7 Å². The quantitative estimate of drug-likeness (QED) is 0.440. The first-order chi connectivity index (χ1) is 14.7. The standard InChI is InChI=1S/C30H52O2/c1-20(2)10-9-16-30(8,32)22-13-18-28(6)21(22)11-12-24-27(5)17-15-25(31)26(3,4)23(27)14-19-29(24,28)7/h10,21-25,31-32H,9,11-19H2,1-8H3/t21-,22+,23+,24-,25+,27+,28-,29-,30+/m1/s1. The number of aliphatic hydroxyl groups excluding tert-OH is 1. The van der Waals surface area contributed by atoms with E-state index in [1.54, 1.807) is 0 Å². The molecule has 4 aliphatic carbocycles. The van der Waals surface area contributed by atoms with Gasteiger partial charge >= 0.3 is 0 Å². The summed E-state index contributed by atoms with van der Waals surface area (Å²) in [6, 6.07) is 0. The van der Waals surface area contributed by atoms with Crippen LogP contribution >= 0.6 is 0 Å². The van der Waals surface area contributed by atoms with Crippen molar-refractivity contribution in [3.05, 3.63) is 11.6 Å². The molecule has 4 saturated carbocycles. The lowest BCUT2D eigenvalue weighted by atomic mass is 9.35. The molecule has 0 saturated heterocycles. The SMILES string of the molecule is CC(C)=CCC[C@](C)(O)[C@H]1CC[C@]2(C)[C@@H]1CC[C@@H]1[C@@]3(C)CC[C@H](O)C(C)(C)[C@@H]3CC[C@]12C. The van der Waals surface area contributed by atoms with Crippen LogP contribution in [-0.2, 0) is 0 Å². The van der Waals surface area contributed by atoms with Crippen LogP contribution in [0.1, 0.15) is 120 Å². The summed E-state index contributed by atoms with van der Waals surface area (Å²) < 4.78 is 0. The largest absolute Gasteiger partial charge is 0.393 e. The monoisotopic (exact) mass is 444 g/mol. The van der Waals surface area contributed by atoms with E-state index in [9.17, 15) is 10.2 Å². The summed E-state index contributed by atoms with van der Waals surface area (Å²) in [4.78, 5) is 0. The zero-order valence-corrected chi connectivity index (χ0v) is 22.4. The summed E-state index contributed by atoms with van der Waals surface area (Å²) in [5, 5.41) is 22.5. The molecule has 0 aromatic rings. The Morgan fingerprint density at radius 2 is 1.53 bits per heavy atom. The second kappa shape index (κ2) is 7.84. The smallest absolute Gasteiger partial charge is 0.0653 e. The van der Waals surface area contributed by atoms with E-state index >= 15 is 0 Å². The van der Waals surface area contributed by atoms with Crippen molar-refractivity contribution in [1.29, 1.82) is 0 Å². The number of hydrogen-bond donors (Lipinski definition) is 2. The van der Waals surface area contributed by atoms with Crippen molar-refractivity contribution in [3.63, 3.8) is 0 Å². The third-order valence-electron chi connectivity index (χ3n) is 12.4. The Balaban J connectivity index is 1.61. The van der Waals surface area contributed by atoms with Crippen molar-refractivity contribution in [3.8, 4) is 0 Å². The molecular formula is C30H52O2. The van der Waals surface area contributed by atoms with Crippen LogP contribution in [0.4, 0.5) is 0 Å². The summed E-state index contributed by atoms with van der Waals surface area (Å²) >= 11 is 0. The maximum absolute atomic E-state index is 11.6. The molecule has 32 heavy (non-hydrogen) atoms. The molecule has 0 aromatic heterocycles. The number of rotatable bonds is 4. The maximum Gasteiger partial charge on any atom is 0.0653 e. The number of fused-ring (bicyclic) bond motifs is 5. The first-order valence-corrected chi connectivity index (χ1v) is 13.7. The zero-order chi connectivity index (χ0) is 23.7. The third kappa shape index (κ3) is 3.40. The van der Waals surface area contributed by atoms with E-state index in [-0.39, 0.29) is 11.5 Å².